The second kappa shape index (κ2) is 11.9. The Labute approximate surface area is 240 Å². The van der Waals surface area contributed by atoms with Gasteiger partial charge in [-0.25, -0.2) is 8.78 Å². The number of fused-ring (bicyclic) bond motifs is 3. The number of aliphatic carboxylic acids is 1. The first kappa shape index (κ1) is 29.2. The van der Waals surface area contributed by atoms with E-state index in [0.29, 0.717) is 33.2 Å². The van der Waals surface area contributed by atoms with Gasteiger partial charge in [-0.1, -0.05) is 36.4 Å². The molecule has 5 aromatic rings. The topological polar surface area (TPSA) is 108 Å². The quantitative estimate of drug-likeness (QED) is 0.253. The van der Waals surface area contributed by atoms with E-state index in [1.54, 1.807) is 36.4 Å². The van der Waals surface area contributed by atoms with Gasteiger partial charge in [-0.15, -0.1) is 0 Å². The molecule has 0 fully saturated rings. The van der Waals surface area contributed by atoms with E-state index in [4.69, 9.17) is 0 Å². The summed E-state index contributed by atoms with van der Waals surface area (Å²) < 4.78 is 31.7. The third-order valence-electron chi connectivity index (χ3n) is 7.50. The zero-order valence-corrected chi connectivity index (χ0v) is 23.3. The molecule has 0 spiro atoms. The number of aliphatic hydroxyl groups is 2. The number of carboxylic acid groups (broad SMARTS) is 1. The molecule has 2 heterocycles. The first-order valence-corrected chi connectivity index (χ1v) is 13.8. The largest absolute Gasteiger partial charge is 0.550 e. The van der Waals surface area contributed by atoms with Crippen molar-refractivity contribution in [2.45, 2.75) is 57.8 Å². The highest BCUT2D eigenvalue weighted by Gasteiger charge is 2.27. The van der Waals surface area contributed by atoms with Crippen molar-refractivity contribution in [1.82, 2.24) is 9.13 Å². The van der Waals surface area contributed by atoms with Crippen LogP contribution in [0.2, 0.25) is 0 Å². The van der Waals surface area contributed by atoms with Crippen molar-refractivity contribution in [2.24, 2.45) is 0 Å². The van der Waals surface area contributed by atoms with Crippen molar-refractivity contribution in [3.8, 4) is 16.8 Å². The van der Waals surface area contributed by atoms with Gasteiger partial charge in [0.25, 0.3) is 5.56 Å². The minimum absolute atomic E-state index is 0.156. The molecule has 0 aliphatic rings. The van der Waals surface area contributed by atoms with Crippen molar-refractivity contribution >= 4 is 27.8 Å². The monoisotopic (exact) mass is 573 g/mol. The van der Waals surface area contributed by atoms with Crippen LogP contribution in [-0.4, -0.2) is 37.5 Å². The van der Waals surface area contributed by atoms with Crippen LogP contribution in [-0.2, 0) is 11.2 Å². The Bertz CT molecular complexity index is 1830. The molecule has 0 unspecified atom stereocenters. The number of hydrogen-bond donors (Lipinski definition) is 2. The molecular weight excluding hydrogens is 542 g/mol. The van der Waals surface area contributed by atoms with E-state index in [1.807, 2.05) is 30.5 Å². The minimum atomic E-state index is -1.41. The molecule has 0 radical (unpaired) electrons. The molecular formula is C33H31F2N2O5-. The van der Waals surface area contributed by atoms with Crippen LogP contribution in [0.3, 0.4) is 0 Å². The Balaban J connectivity index is 1.81. The molecule has 0 saturated heterocycles. The summed E-state index contributed by atoms with van der Waals surface area (Å²) in [7, 11) is 0. The van der Waals surface area contributed by atoms with Gasteiger partial charge < -0.3 is 24.7 Å². The summed E-state index contributed by atoms with van der Waals surface area (Å²) in [6, 6.07) is 18.9. The van der Waals surface area contributed by atoms with Crippen molar-refractivity contribution in [2.75, 3.05) is 0 Å². The number of hydrogen-bond acceptors (Lipinski definition) is 5. The zero-order valence-electron chi connectivity index (χ0n) is 23.3. The highest BCUT2D eigenvalue weighted by molar-refractivity contribution is 6.14. The molecule has 7 nitrogen and oxygen atoms in total. The number of carboxylic acids is 1. The Morgan fingerprint density at radius 2 is 1.64 bits per heavy atom. The Morgan fingerprint density at radius 1 is 0.929 bits per heavy atom. The van der Waals surface area contributed by atoms with Crippen molar-refractivity contribution in [3.05, 3.63) is 100 Å². The molecule has 5 rings (SSSR count). The molecule has 0 saturated carbocycles. The maximum atomic E-state index is 14.4. The van der Waals surface area contributed by atoms with Crippen LogP contribution in [0, 0.1) is 11.6 Å². The number of benzene rings is 3. The lowest BCUT2D eigenvalue weighted by Crippen LogP contribution is -2.29. The summed E-state index contributed by atoms with van der Waals surface area (Å²) in [6.45, 7) is 3.86. The third-order valence-corrected chi connectivity index (χ3v) is 7.50. The summed E-state index contributed by atoms with van der Waals surface area (Å²) in [5.74, 6) is -2.30. The van der Waals surface area contributed by atoms with Crippen molar-refractivity contribution < 1.29 is 28.9 Å². The van der Waals surface area contributed by atoms with Crippen LogP contribution in [0.15, 0.2) is 77.6 Å². The molecule has 218 valence electrons. The van der Waals surface area contributed by atoms with E-state index in [0.717, 1.165) is 11.1 Å². The third kappa shape index (κ3) is 5.57. The Kier molecular flexibility index (Phi) is 8.24. The van der Waals surface area contributed by atoms with E-state index >= 15 is 0 Å². The number of nitrogens with zero attached hydrogens (tertiary/aromatic N) is 2. The van der Waals surface area contributed by atoms with Crippen LogP contribution in [0.25, 0.3) is 38.6 Å². The maximum Gasteiger partial charge on any atom is 0.280 e. The molecule has 0 bridgehead atoms. The van der Waals surface area contributed by atoms with Crippen LogP contribution >= 0.6 is 0 Å². The van der Waals surface area contributed by atoms with Crippen molar-refractivity contribution in [1.29, 1.82) is 0 Å². The Morgan fingerprint density at radius 3 is 2.31 bits per heavy atom. The van der Waals surface area contributed by atoms with Gasteiger partial charge in [0.15, 0.2) is 0 Å². The van der Waals surface area contributed by atoms with Gasteiger partial charge in [-0.2, -0.15) is 0 Å². The van der Waals surface area contributed by atoms with E-state index in [-0.39, 0.29) is 30.9 Å². The number of carbonyl (C=O) groups is 1. The minimum Gasteiger partial charge on any atom is -0.550 e. The number of pyridine rings is 1. The molecule has 0 amide bonds. The van der Waals surface area contributed by atoms with E-state index < -0.39 is 36.2 Å². The summed E-state index contributed by atoms with van der Waals surface area (Å²) in [5, 5.41) is 33.0. The molecule has 2 atom stereocenters. The smallest absolute Gasteiger partial charge is 0.280 e. The van der Waals surface area contributed by atoms with E-state index in [9.17, 15) is 33.7 Å². The number of rotatable bonds is 10. The van der Waals surface area contributed by atoms with E-state index in [2.05, 4.69) is 0 Å². The number of aromatic nitrogens is 2. The molecule has 9 heteroatoms. The molecule has 0 aliphatic carbocycles. The number of aliphatic hydroxyl groups excluding tert-OH is 2. The first-order valence-electron chi connectivity index (χ1n) is 13.8. The van der Waals surface area contributed by atoms with Gasteiger partial charge in [0.1, 0.15) is 17.2 Å². The first-order chi connectivity index (χ1) is 20.1. The summed E-state index contributed by atoms with van der Waals surface area (Å²) in [6.07, 6.45) is -2.60. The number of carbonyl (C=O) groups excluding carboxylic acids is 1. The lowest BCUT2D eigenvalue weighted by atomic mass is 9.96. The summed E-state index contributed by atoms with van der Waals surface area (Å²) in [5.41, 5.74) is 3.07. The average Bonchev–Trinajstić information content (AvgIpc) is 3.28. The number of para-hydroxylation sites is 1. The molecule has 42 heavy (non-hydrogen) atoms. The fraction of sp³-hybridized carbons (Fsp3) is 0.273. The van der Waals surface area contributed by atoms with Crippen LogP contribution in [0.5, 0.6) is 0 Å². The molecule has 2 N–H and O–H groups in total. The second-order valence-corrected chi connectivity index (χ2v) is 10.8. The highest BCUT2D eigenvalue weighted by atomic mass is 19.1. The lowest BCUT2D eigenvalue weighted by Gasteiger charge is -2.19. The summed E-state index contributed by atoms with van der Waals surface area (Å²) >= 11 is 0. The lowest BCUT2D eigenvalue weighted by molar-refractivity contribution is -0.307. The standard InChI is InChI=1S/C33H32F2N2O5/c1-19(2)36-28(15-14-24(38)17-25(39)18-29(40)41)30(20-10-12-21(34)13-11-20)31-26-8-3-4-9-27(26)37(33(42)32(31)36)23-7-5-6-22(35)16-23/h3-13,16,19,24-25,38-39H,14-15,17-18H2,1-2H3,(H,40,41)/p-1/t24-,25-/m1/s1. The molecule has 2 aromatic heterocycles. The van der Waals surface area contributed by atoms with Crippen LogP contribution in [0.4, 0.5) is 8.78 Å². The summed E-state index contributed by atoms with van der Waals surface area (Å²) in [4.78, 5) is 25.3. The van der Waals surface area contributed by atoms with Gasteiger partial charge in [0.05, 0.1) is 23.4 Å². The SMILES string of the molecule is CC(C)n1c(CC[C@@H](O)C[C@@H](O)CC(=O)[O-])c(-c2ccc(F)cc2)c2c3ccccc3n(-c3cccc(F)c3)c(=O)c21. The van der Waals surface area contributed by atoms with Crippen LogP contribution in [0.1, 0.15) is 44.8 Å². The Hall–Kier alpha value is -4.34. The van der Waals surface area contributed by atoms with Crippen LogP contribution < -0.4 is 10.7 Å². The predicted octanol–water partition coefficient (Wildman–Crippen LogP) is 4.66. The predicted molar refractivity (Wildman–Crippen MR) is 155 cm³/mol. The van der Waals surface area contributed by atoms with E-state index in [1.165, 1.54) is 28.8 Å². The number of halogens is 2. The molecule has 0 aliphatic heterocycles. The van der Waals surface area contributed by atoms with Crippen molar-refractivity contribution in [3.63, 3.8) is 0 Å². The fourth-order valence-corrected chi connectivity index (χ4v) is 5.83. The van der Waals surface area contributed by atoms with Gasteiger partial charge >= 0.3 is 0 Å². The van der Waals surface area contributed by atoms with Gasteiger partial charge in [-0.3, -0.25) is 9.36 Å². The van der Waals surface area contributed by atoms with Gasteiger partial charge in [0.2, 0.25) is 0 Å². The maximum absolute atomic E-state index is 14.4. The zero-order chi connectivity index (χ0) is 30.1. The fourth-order valence-electron chi connectivity index (χ4n) is 5.83. The highest BCUT2D eigenvalue weighted by Crippen LogP contribution is 2.41. The molecule has 3 aromatic carbocycles. The van der Waals surface area contributed by atoms with Gasteiger partial charge in [0, 0.05) is 40.5 Å². The second-order valence-electron chi connectivity index (χ2n) is 10.8. The average molecular weight is 574 g/mol. The normalized spacial score (nSPS) is 13.2. The van der Waals surface area contributed by atoms with Gasteiger partial charge in [-0.05, 0) is 75.1 Å².